The average molecular weight is 272 g/mol. The summed E-state index contributed by atoms with van der Waals surface area (Å²) in [6.45, 7) is 1.92. The smallest absolute Gasteiger partial charge is 0.225 e. The molecule has 1 N–H and O–H groups in total. The highest BCUT2D eigenvalue weighted by molar-refractivity contribution is 6.30. The van der Waals surface area contributed by atoms with Gasteiger partial charge in [0.15, 0.2) is 0 Å². The van der Waals surface area contributed by atoms with Crippen LogP contribution in [0.5, 0.6) is 5.75 Å². The van der Waals surface area contributed by atoms with Crippen LogP contribution in [0, 0.1) is 0 Å². The number of benzene rings is 1. The molecule has 0 aliphatic rings. The lowest BCUT2D eigenvalue weighted by atomic mass is 10.1. The number of hydrogen-bond donors (Lipinski definition) is 1. The predicted octanol–water partition coefficient (Wildman–Crippen LogP) is 2.25. The van der Waals surface area contributed by atoms with E-state index in [1.165, 1.54) is 4.90 Å². The minimum atomic E-state index is -0.664. The molecule has 0 radical (unpaired) electrons. The molecule has 0 bridgehead atoms. The van der Waals surface area contributed by atoms with Crippen LogP contribution in [-0.4, -0.2) is 36.6 Å². The molecule has 0 spiro atoms. The van der Waals surface area contributed by atoms with E-state index in [2.05, 4.69) is 0 Å². The molecule has 0 saturated heterocycles. The second-order valence-corrected chi connectivity index (χ2v) is 4.68. The van der Waals surface area contributed by atoms with Gasteiger partial charge in [-0.15, -0.1) is 0 Å². The zero-order valence-electron chi connectivity index (χ0n) is 10.8. The number of ether oxygens (including phenoxy) is 1. The molecule has 1 aromatic rings. The van der Waals surface area contributed by atoms with E-state index < -0.39 is 6.10 Å². The number of halogens is 1. The predicted molar refractivity (Wildman–Crippen MR) is 70.9 cm³/mol. The highest BCUT2D eigenvalue weighted by atomic mass is 35.5. The molecular weight excluding hydrogens is 254 g/mol. The SMILES string of the molecule is CC(O)c1cc(Cl)ccc1OCCC(=O)N(C)C. The molecule has 5 heteroatoms. The van der Waals surface area contributed by atoms with Crippen LogP contribution >= 0.6 is 11.6 Å². The molecular formula is C13H18ClNO3. The van der Waals surface area contributed by atoms with E-state index in [1.54, 1.807) is 39.2 Å². The zero-order valence-corrected chi connectivity index (χ0v) is 11.6. The average Bonchev–Trinajstić information content (AvgIpc) is 2.30. The van der Waals surface area contributed by atoms with E-state index in [0.717, 1.165) is 0 Å². The van der Waals surface area contributed by atoms with Crippen molar-refractivity contribution in [1.29, 1.82) is 0 Å². The Morgan fingerprint density at radius 1 is 1.50 bits per heavy atom. The fourth-order valence-electron chi connectivity index (χ4n) is 1.45. The summed E-state index contributed by atoms with van der Waals surface area (Å²) in [6, 6.07) is 5.05. The number of carbonyl (C=O) groups is 1. The number of amides is 1. The molecule has 100 valence electrons. The van der Waals surface area contributed by atoms with Gasteiger partial charge < -0.3 is 14.7 Å². The number of carbonyl (C=O) groups excluding carboxylic acids is 1. The van der Waals surface area contributed by atoms with Gasteiger partial charge in [0, 0.05) is 24.7 Å². The van der Waals surface area contributed by atoms with Crippen molar-refractivity contribution in [3.8, 4) is 5.75 Å². The van der Waals surface area contributed by atoms with E-state index in [9.17, 15) is 9.90 Å². The summed E-state index contributed by atoms with van der Waals surface area (Å²) in [5, 5.41) is 10.2. The fraction of sp³-hybridized carbons (Fsp3) is 0.462. The topological polar surface area (TPSA) is 49.8 Å². The van der Waals surface area contributed by atoms with E-state index >= 15 is 0 Å². The molecule has 4 nitrogen and oxygen atoms in total. The minimum absolute atomic E-state index is 0.00237. The van der Waals surface area contributed by atoms with E-state index in [0.29, 0.717) is 22.8 Å². The van der Waals surface area contributed by atoms with Crippen LogP contribution in [0.1, 0.15) is 25.0 Å². The molecule has 0 fully saturated rings. The lowest BCUT2D eigenvalue weighted by Crippen LogP contribution is -2.23. The highest BCUT2D eigenvalue weighted by Crippen LogP contribution is 2.28. The number of aliphatic hydroxyl groups is 1. The molecule has 0 heterocycles. The molecule has 18 heavy (non-hydrogen) atoms. The molecule has 1 aromatic carbocycles. The maximum atomic E-state index is 11.4. The molecule has 1 unspecified atom stereocenters. The van der Waals surface area contributed by atoms with Gasteiger partial charge in [-0.3, -0.25) is 4.79 Å². The minimum Gasteiger partial charge on any atom is -0.493 e. The Morgan fingerprint density at radius 3 is 2.72 bits per heavy atom. The second kappa shape index (κ2) is 6.61. The first kappa shape index (κ1) is 14.8. The Bertz CT molecular complexity index is 419. The Kier molecular flexibility index (Phi) is 5.44. The van der Waals surface area contributed by atoms with E-state index in [-0.39, 0.29) is 12.5 Å². The van der Waals surface area contributed by atoms with Gasteiger partial charge in [-0.25, -0.2) is 0 Å². The monoisotopic (exact) mass is 271 g/mol. The van der Waals surface area contributed by atoms with Gasteiger partial charge >= 0.3 is 0 Å². The van der Waals surface area contributed by atoms with Crippen LogP contribution in [0.4, 0.5) is 0 Å². The first-order chi connectivity index (χ1) is 8.41. The standard InChI is InChI=1S/C13H18ClNO3/c1-9(16)11-8-10(14)4-5-12(11)18-7-6-13(17)15(2)3/h4-5,8-9,16H,6-7H2,1-3H3. The molecule has 0 saturated carbocycles. The zero-order chi connectivity index (χ0) is 13.7. The Labute approximate surface area is 112 Å². The summed E-state index contributed by atoms with van der Waals surface area (Å²) in [7, 11) is 3.40. The number of nitrogens with zero attached hydrogens (tertiary/aromatic N) is 1. The van der Waals surface area contributed by atoms with Gasteiger partial charge in [-0.2, -0.15) is 0 Å². The number of rotatable bonds is 5. The summed E-state index contributed by atoms with van der Waals surface area (Å²) in [5.41, 5.74) is 0.625. The van der Waals surface area contributed by atoms with Crippen molar-refractivity contribution in [2.45, 2.75) is 19.4 Å². The third kappa shape index (κ3) is 4.20. The van der Waals surface area contributed by atoms with Gasteiger partial charge in [0.1, 0.15) is 5.75 Å². The molecule has 0 aromatic heterocycles. The van der Waals surface area contributed by atoms with Crippen molar-refractivity contribution in [3.63, 3.8) is 0 Å². The van der Waals surface area contributed by atoms with Crippen LogP contribution in [0.3, 0.4) is 0 Å². The first-order valence-corrected chi connectivity index (χ1v) is 6.10. The lowest BCUT2D eigenvalue weighted by molar-refractivity contribution is -0.129. The van der Waals surface area contributed by atoms with Crippen LogP contribution in [0.2, 0.25) is 5.02 Å². The molecule has 1 amide bonds. The maximum absolute atomic E-state index is 11.4. The summed E-state index contributed by atoms with van der Waals surface area (Å²) < 4.78 is 5.51. The van der Waals surface area contributed by atoms with Crippen molar-refractivity contribution in [2.24, 2.45) is 0 Å². The largest absolute Gasteiger partial charge is 0.493 e. The number of hydrogen-bond acceptors (Lipinski definition) is 3. The second-order valence-electron chi connectivity index (χ2n) is 4.24. The Hall–Kier alpha value is -1.26. The van der Waals surface area contributed by atoms with Gasteiger partial charge in [0.25, 0.3) is 0 Å². The summed E-state index contributed by atoms with van der Waals surface area (Å²) in [4.78, 5) is 12.9. The van der Waals surface area contributed by atoms with Crippen molar-refractivity contribution >= 4 is 17.5 Å². The van der Waals surface area contributed by atoms with Crippen LogP contribution in [0.25, 0.3) is 0 Å². The number of aliphatic hydroxyl groups excluding tert-OH is 1. The Morgan fingerprint density at radius 2 is 2.17 bits per heavy atom. The summed E-state index contributed by atoms with van der Waals surface area (Å²) in [6.07, 6.45) is -0.363. The first-order valence-electron chi connectivity index (χ1n) is 5.72. The van der Waals surface area contributed by atoms with Crippen molar-refractivity contribution in [2.75, 3.05) is 20.7 Å². The summed E-state index contributed by atoms with van der Waals surface area (Å²) >= 11 is 5.86. The molecule has 1 atom stereocenters. The fourth-order valence-corrected chi connectivity index (χ4v) is 1.63. The molecule has 1 rings (SSSR count). The van der Waals surface area contributed by atoms with Crippen LogP contribution < -0.4 is 4.74 Å². The maximum Gasteiger partial charge on any atom is 0.225 e. The van der Waals surface area contributed by atoms with Crippen LogP contribution in [0.15, 0.2) is 18.2 Å². The quantitative estimate of drug-likeness (QED) is 0.894. The normalized spacial score (nSPS) is 12.1. The molecule has 0 aliphatic heterocycles. The van der Waals surface area contributed by atoms with Crippen molar-refractivity contribution in [1.82, 2.24) is 4.90 Å². The third-order valence-corrected chi connectivity index (χ3v) is 2.73. The van der Waals surface area contributed by atoms with E-state index in [4.69, 9.17) is 16.3 Å². The lowest BCUT2D eigenvalue weighted by Gasteiger charge is -2.15. The summed E-state index contributed by atoms with van der Waals surface area (Å²) in [5.74, 6) is 0.559. The van der Waals surface area contributed by atoms with Gasteiger partial charge in [-0.05, 0) is 25.1 Å². The third-order valence-electron chi connectivity index (χ3n) is 2.49. The van der Waals surface area contributed by atoms with Gasteiger partial charge in [-0.1, -0.05) is 11.6 Å². The Balaban J connectivity index is 2.65. The highest BCUT2D eigenvalue weighted by Gasteiger charge is 2.11. The van der Waals surface area contributed by atoms with Crippen molar-refractivity contribution in [3.05, 3.63) is 28.8 Å². The van der Waals surface area contributed by atoms with Gasteiger partial charge in [0.2, 0.25) is 5.91 Å². The molecule has 0 aliphatic carbocycles. The van der Waals surface area contributed by atoms with Gasteiger partial charge in [0.05, 0.1) is 19.1 Å². The van der Waals surface area contributed by atoms with Crippen molar-refractivity contribution < 1.29 is 14.6 Å². The van der Waals surface area contributed by atoms with E-state index in [1.807, 2.05) is 0 Å². The van der Waals surface area contributed by atoms with Crippen LogP contribution in [-0.2, 0) is 4.79 Å².